The van der Waals surface area contributed by atoms with Gasteiger partial charge in [0.05, 0.1) is 5.75 Å². The second-order valence-corrected chi connectivity index (χ2v) is 7.35. The Morgan fingerprint density at radius 1 is 1.24 bits per heavy atom. The Hall–Kier alpha value is -0.390. The van der Waals surface area contributed by atoms with Gasteiger partial charge in [-0.05, 0) is 18.4 Å². The van der Waals surface area contributed by atoms with Crippen LogP contribution in [0.5, 0.6) is 0 Å². The molecule has 1 aromatic rings. The molecule has 0 radical (unpaired) electrons. The Morgan fingerprint density at radius 2 is 1.94 bits per heavy atom. The van der Waals surface area contributed by atoms with Crippen molar-refractivity contribution < 1.29 is 8.42 Å². The number of sulfonamides is 1. The van der Waals surface area contributed by atoms with Gasteiger partial charge in [-0.3, -0.25) is 0 Å². The van der Waals surface area contributed by atoms with Crippen LogP contribution in [0.2, 0.25) is 0 Å². The zero-order chi connectivity index (χ0) is 12.3. The highest BCUT2D eigenvalue weighted by molar-refractivity contribution is 9.09. The van der Waals surface area contributed by atoms with E-state index in [4.69, 9.17) is 0 Å². The minimum atomic E-state index is -3.23. The van der Waals surface area contributed by atoms with Crippen LogP contribution >= 0.6 is 15.9 Å². The molecule has 1 saturated carbocycles. The first-order valence-corrected chi connectivity index (χ1v) is 8.32. The maximum Gasteiger partial charge on any atom is 0.216 e. The molecule has 1 fully saturated rings. The summed E-state index contributed by atoms with van der Waals surface area (Å²) in [5, 5.41) is 0. The minimum Gasteiger partial charge on any atom is -0.212 e. The third kappa shape index (κ3) is 3.79. The first-order valence-electron chi connectivity index (χ1n) is 5.75. The zero-order valence-corrected chi connectivity index (χ0v) is 11.9. The van der Waals surface area contributed by atoms with Gasteiger partial charge >= 0.3 is 0 Å². The van der Waals surface area contributed by atoms with Crippen molar-refractivity contribution >= 4 is 26.0 Å². The van der Waals surface area contributed by atoms with Crippen LogP contribution in [0.4, 0.5) is 0 Å². The Bertz CT molecular complexity index is 461. The summed E-state index contributed by atoms with van der Waals surface area (Å²) >= 11 is 3.52. The van der Waals surface area contributed by atoms with Crippen molar-refractivity contribution in [1.82, 2.24) is 4.72 Å². The predicted molar refractivity (Wildman–Crippen MR) is 72.6 cm³/mol. The first kappa shape index (κ1) is 13.1. The molecule has 0 saturated heterocycles. The smallest absolute Gasteiger partial charge is 0.212 e. The second kappa shape index (κ2) is 5.50. The van der Waals surface area contributed by atoms with Gasteiger partial charge in [0.15, 0.2) is 0 Å². The summed E-state index contributed by atoms with van der Waals surface area (Å²) in [7, 11) is -3.23. The van der Waals surface area contributed by atoms with Gasteiger partial charge in [-0.15, -0.1) is 0 Å². The van der Waals surface area contributed by atoms with Crippen molar-refractivity contribution in [2.24, 2.45) is 0 Å². The lowest BCUT2D eigenvalue weighted by molar-refractivity contribution is 0.555. The van der Waals surface area contributed by atoms with Crippen LogP contribution < -0.4 is 4.72 Å². The summed E-state index contributed by atoms with van der Waals surface area (Å²) in [6, 6.07) is 9.30. The van der Waals surface area contributed by atoms with Gasteiger partial charge in [-0.2, -0.15) is 0 Å². The topological polar surface area (TPSA) is 46.2 Å². The van der Waals surface area contributed by atoms with E-state index in [-0.39, 0.29) is 16.6 Å². The highest BCUT2D eigenvalue weighted by atomic mass is 79.9. The van der Waals surface area contributed by atoms with Gasteiger partial charge in [0, 0.05) is 10.9 Å². The molecule has 3 nitrogen and oxygen atoms in total. The van der Waals surface area contributed by atoms with E-state index in [0.717, 1.165) is 24.8 Å². The second-order valence-electron chi connectivity index (χ2n) is 4.42. The number of benzene rings is 1. The molecule has 0 aromatic heterocycles. The minimum absolute atomic E-state index is 0.0451. The fourth-order valence-electron chi connectivity index (χ4n) is 2.11. The van der Waals surface area contributed by atoms with Crippen LogP contribution in [0.15, 0.2) is 30.3 Å². The molecular weight excluding hydrogens is 302 g/mol. The van der Waals surface area contributed by atoms with E-state index < -0.39 is 10.0 Å². The summed E-state index contributed by atoms with van der Waals surface area (Å²) in [6.07, 6.45) is 3.04. The average Bonchev–Trinajstić information content (AvgIpc) is 2.64. The first-order chi connectivity index (χ1) is 8.07. The molecule has 0 spiro atoms. The van der Waals surface area contributed by atoms with E-state index >= 15 is 0 Å². The van der Waals surface area contributed by atoms with Crippen molar-refractivity contribution in [3.8, 4) is 0 Å². The molecular formula is C12H16BrNO2S. The molecule has 2 unspecified atom stereocenters. The van der Waals surface area contributed by atoms with Gasteiger partial charge in [0.25, 0.3) is 0 Å². The lowest BCUT2D eigenvalue weighted by atomic mass is 10.2. The maximum absolute atomic E-state index is 12.0. The van der Waals surface area contributed by atoms with Crippen LogP contribution in [0.1, 0.15) is 24.8 Å². The lowest BCUT2D eigenvalue weighted by Crippen LogP contribution is -2.38. The number of rotatable bonds is 4. The Morgan fingerprint density at radius 3 is 2.53 bits per heavy atom. The highest BCUT2D eigenvalue weighted by Gasteiger charge is 2.28. The van der Waals surface area contributed by atoms with E-state index in [9.17, 15) is 8.42 Å². The summed E-state index contributed by atoms with van der Waals surface area (Å²) in [5.41, 5.74) is 0.823. The Balaban J connectivity index is 2.00. The maximum atomic E-state index is 12.0. The SMILES string of the molecule is O=S(=O)(Cc1ccccc1)NC1CCCC1Br. The highest BCUT2D eigenvalue weighted by Crippen LogP contribution is 2.26. The van der Waals surface area contributed by atoms with E-state index in [1.165, 1.54) is 0 Å². The molecule has 94 valence electrons. The van der Waals surface area contributed by atoms with E-state index in [1.807, 2.05) is 30.3 Å². The molecule has 1 N–H and O–H groups in total. The molecule has 0 aliphatic heterocycles. The normalized spacial score (nSPS) is 25.0. The fraction of sp³-hybridized carbons (Fsp3) is 0.500. The molecule has 1 aliphatic carbocycles. The van der Waals surface area contributed by atoms with Gasteiger partial charge in [0.1, 0.15) is 0 Å². The Labute approximate surface area is 111 Å². The van der Waals surface area contributed by atoms with Gasteiger partial charge in [0.2, 0.25) is 10.0 Å². The molecule has 17 heavy (non-hydrogen) atoms. The monoisotopic (exact) mass is 317 g/mol. The summed E-state index contributed by atoms with van der Waals surface area (Å²) in [6.45, 7) is 0. The number of halogens is 1. The van der Waals surface area contributed by atoms with Crippen LogP contribution in [0.25, 0.3) is 0 Å². The molecule has 5 heteroatoms. The predicted octanol–water partition coefficient (Wildman–Crippen LogP) is 2.42. The summed E-state index contributed by atoms with van der Waals surface area (Å²) in [5.74, 6) is 0.0596. The molecule has 1 aliphatic rings. The van der Waals surface area contributed by atoms with E-state index in [1.54, 1.807) is 0 Å². The van der Waals surface area contributed by atoms with Crippen LogP contribution in [0.3, 0.4) is 0 Å². The van der Waals surface area contributed by atoms with Crippen molar-refractivity contribution in [1.29, 1.82) is 0 Å². The van der Waals surface area contributed by atoms with E-state index in [2.05, 4.69) is 20.7 Å². The summed E-state index contributed by atoms with van der Waals surface area (Å²) in [4.78, 5) is 0.271. The van der Waals surface area contributed by atoms with Crippen molar-refractivity contribution in [2.45, 2.75) is 35.9 Å². The van der Waals surface area contributed by atoms with Gasteiger partial charge < -0.3 is 0 Å². The number of hydrogen-bond acceptors (Lipinski definition) is 2. The lowest BCUT2D eigenvalue weighted by Gasteiger charge is -2.16. The molecule has 2 atom stereocenters. The quantitative estimate of drug-likeness (QED) is 0.867. The largest absolute Gasteiger partial charge is 0.216 e. The summed E-state index contributed by atoms with van der Waals surface area (Å²) < 4.78 is 26.7. The molecule has 0 heterocycles. The van der Waals surface area contributed by atoms with Crippen molar-refractivity contribution in [2.75, 3.05) is 0 Å². The molecule has 1 aromatic carbocycles. The number of nitrogens with one attached hydrogen (secondary N) is 1. The Kier molecular flexibility index (Phi) is 4.22. The van der Waals surface area contributed by atoms with Crippen LogP contribution in [-0.4, -0.2) is 19.3 Å². The molecule has 0 bridgehead atoms. The third-order valence-electron chi connectivity index (χ3n) is 2.96. The van der Waals surface area contributed by atoms with Gasteiger partial charge in [-0.25, -0.2) is 13.1 Å². The van der Waals surface area contributed by atoms with E-state index in [0.29, 0.717) is 0 Å². The number of hydrogen-bond donors (Lipinski definition) is 1. The fourth-order valence-corrected chi connectivity index (χ4v) is 4.47. The standard InChI is InChI=1S/C12H16BrNO2S/c13-11-7-4-8-12(11)14-17(15,16)9-10-5-2-1-3-6-10/h1-3,5-6,11-12,14H,4,7-9H2. The van der Waals surface area contributed by atoms with Crippen molar-refractivity contribution in [3.63, 3.8) is 0 Å². The number of alkyl halides is 1. The van der Waals surface area contributed by atoms with Gasteiger partial charge in [-0.1, -0.05) is 52.7 Å². The molecule has 2 rings (SSSR count). The van der Waals surface area contributed by atoms with Crippen LogP contribution in [0, 0.1) is 0 Å². The average molecular weight is 318 g/mol. The zero-order valence-electron chi connectivity index (χ0n) is 9.47. The third-order valence-corrected chi connectivity index (χ3v) is 5.43. The molecule has 0 amide bonds. The van der Waals surface area contributed by atoms with Crippen LogP contribution in [-0.2, 0) is 15.8 Å². The van der Waals surface area contributed by atoms with Crippen molar-refractivity contribution in [3.05, 3.63) is 35.9 Å².